The normalized spacial score (nSPS) is 17.8. The molecule has 1 aliphatic carbocycles. The standard InChI is InChI=1S/C14H23NS/c1-2-6-13(7-3-1)12-15-10-4-8-14-9-5-11-16-14/h5,9,11,13,15H,1-4,6-8,10,12H2. The number of hydrogen-bond donors (Lipinski definition) is 1. The summed E-state index contributed by atoms with van der Waals surface area (Å²) in [6.07, 6.45) is 9.83. The summed E-state index contributed by atoms with van der Waals surface area (Å²) < 4.78 is 0. The Morgan fingerprint density at radius 2 is 2.12 bits per heavy atom. The fourth-order valence-electron chi connectivity index (χ4n) is 2.54. The highest BCUT2D eigenvalue weighted by atomic mass is 32.1. The van der Waals surface area contributed by atoms with Gasteiger partial charge in [0.2, 0.25) is 0 Å². The molecule has 0 aliphatic heterocycles. The number of aryl methyl sites for hydroxylation is 1. The third-order valence-corrected chi connectivity index (χ3v) is 4.45. The summed E-state index contributed by atoms with van der Waals surface area (Å²) in [6.45, 7) is 2.44. The maximum atomic E-state index is 3.62. The molecule has 1 aromatic rings. The predicted octanol–water partition coefficient (Wildman–Crippen LogP) is 3.85. The zero-order valence-electron chi connectivity index (χ0n) is 10.1. The van der Waals surface area contributed by atoms with E-state index < -0.39 is 0 Å². The molecule has 0 spiro atoms. The Bertz CT molecular complexity index is 262. The maximum absolute atomic E-state index is 3.62. The Hall–Kier alpha value is -0.340. The van der Waals surface area contributed by atoms with E-state index in [0.29, 0.717) is 0 Å². The summed E-state index contributed by atoms with van der Waals surface area (Å²) >= 11 is 1.88. The molecule has 2 heteroatoms. The van der Waals surface area contributed by atoms with Crippen molar-refractivity contribution in [3.63, 3.8) is 0 Å². The van der Waals surface area contributed by atoms with Crippen LogP contribution in [0.5, 0.6) is 0 Å². The molecule has 0 bridgehead atoms. The molecule has 1 aromatic heterocycles. The van der Waals surface area contributed by atoms with Crippen molar-refractivity contribution in [1.29, 1.82) is 0 Å². The van der Waals surface area contributed by atoms with Crippen molar-refractivity contribution < 1.29 is 0 Å². The van der Waals surface area contributed by atoms with Gasteiger partial charge in [-0.1, -0.05) is 25.3 Å². The monoisotopic (exact) mass is 237 g/mol. The van der Waals surface area contributed by atoms with Gasteiger partial charge in [-0.05, 0) is 56.1 Å². The van der Waals surface area contributed by atoms with E-state index in [4.69, 9.17) is 0 Å². The Morgan fingerprint density at radius 3 is 2.88 bits per heavy atom. The van der Waals surface area contributed by atoms with Gasteiger partial charge in [-0.15, -0.1) is 11.3 Å². The lowest BCUT2D eigenvalue weighted by atomic mass is 9.89. The first-order valence-corrected chi connectivity index (χ1v) is 7.56. The topological polar surface area (TPSA) is 12.0 Å². The quantitative estimate of drug-likeness (QED) is 0.741. The van der Waals surface area contributed by atoms with E-state index in [0.717, 1.165) is 5.92 Å². The van der Waals surface area contributed by atoms with Crippen LogP contribution in [0.3, 0.4) is 0 Å². The van der Waals surface area contributed by atoms with E-state index in [1.807, 2.05) is 11.3 Å². The molecule has 0 aromatic carbocycles. The van der Waals surface area contributed by atoms with Gasteiger partial charge in [-0.25, -0.2) is 0 Å². The van der Waals surface area contributed by atoms with Crippen molar-refractivity contribution in [3.8, 4) is 0 Å². The van der Waals surface area contributed by atoms with Gasteiger partial charge >= 0.3 is 0 Å². The van der Waals surface area contributed by atoms with Crippen molar-refractivity contribution in [2.75, 3.05) is 13.1 Å². The minimum Gasteiger partial charge on any atom is -0.316 e. The van der Waals surface area contributed by atoms with Crippen LogP contribution in [0.1, 0.15) is 43.4 Å². The predicted molar refractivity (Wildman–Crippen MR) is 72.1 cm³/mol. The summed E-state index contributed by atoms with van der Waals surface area (Å²) in [5.74, 6) is 0.968. The summed E-state index contributed by atoms with van der Waals surface area (Å²) in [5, 5.41) is 5.79. The Labute approximate surface area is 103 Å². The lowest BCUT2D eigenvalue weighted by Gasteiger charge is -2.21. The molecule has 0 saturated heterocycles. The van der Waals surface area contributed by atoms with Crippen LogP contribution < -0.4 is 5.32 Å². The number of hydrogen-bond acceptors (Lipinski definition) is 2. The van der Waals surface area contributed by atoms with Gasteiger partial charge < -0.3 is 5.32 Å². The van der Waals surface area contributed by atoms with Crippen molar-refractivity contribution in [2.24, 2.45) is 5.92 Å². The number of thiophene rings is 1. The molecule has 2 rings (SSSR count). The van der Waals surface area contributed by atoms with E-state index in [9.17, 15) is 0 Å². The van der Waals surface area contributed by atoms with Crippen molar-refractivity contribution in [1.82, 2.24) is 5.32 Å². The smallest absolute Gasteiger partial charge is 0.00457 e. The summed E-state index contributed by atoms with van der Waals surface area (Å²) in [7, 11) is 0. The second-order valence-electron chi connectivity index (χ2n) is 4.89. The van der Waals surface area contributed by atoms with E-state index in [2.05, 4.69) is 22.8 Å². The maximum Gasteiger partial charge on any atom is 0.00457 e. The van der Waals surface area contributed by atoms with Crippen LogP contribution in [0.25, 0.3) is 0 Å². The molecular weight excluding hydrogens is 214 g/mol. The Morgan fingerprint density at radius 1 is 1.25 bits per heavy atom. The minimum atomic E-state index is 0.968. The third-order valence-electron chi connectivity index (χ3n) is 3.51. The van der Waals surface area contributed by atoms with Crippen LogP contribution in [-0.2, 0) is 6.42 Å². The third kappa shape index (κ3) is 4.26. The van der Waals surface area contributed by atoms with Gasteiger partial charge in [0.25, 0.3) is 0 Å². The van der Waals surface area contributed by atoms with Gasteiger partial charge in [0, 0.05) is 4.88 Å². The molecule has 0 unspecified atom stereocenters. The highest BCUT2D eigenvalue weighted by Gasteiger charge is 2.12. The molecule has 0 radical (unpaired) electrons. The summed E-state index contributed by atoms with van der Waals surface area (Å²) in [5.41, 5.74) is 0. The van der Waals surface area contributed by atoms with Gasteiger partial charge in [0.15, 0.2) is 0 Å². The van der Waals surface area contributed by atoms with Gasteiger partial charge in [0.05, 0.1) is 0 Å². The van der Waals surface area contributed by atoms with Gasteiger partial charge in [0.1, 0.15) is 0 Å². The first-order valence-electron chi connectivity index (χ1n) is 6.68. The second kappa shape index (κ2) is 7.08. The second-order valence-corrected chi connectivity index (χ2v) is 5.92. The average Bonchev–Trinajstić information content (AvgIpc) is 2.83. The Balaban J connectivity index is 1.48. The molecule has 0 amide bonds. The van der Waals surface area contributed by atoms with Gasteiger partial charge in [-0.2, -0.15) is 0 Å². The van der Waals surface area contributed by atoms with Crippen LogP contribution in [0.4, 0.5) is 0 Å². The summed E-state index contributed by atoms with van der Waals surface area (Å²) in [4.78, 5) is 1.53. The largest absolute Gasteiger partial charge is 0.316 e. The molecule has 0 atom stereocenters. The van der Waals surface area contributed by atoms with Crippen LogP contribution in [0.2, 0.25) is 0 Å². The van der Waals surface area contributed by atoms with Crippen LogP contribution >= 0.6 is 11.3 Å². The lowest BCUT2D eigenvalue weighted by molar-refractivity contribution is 0.342. The van der Waals surface area contributed by atoms with Crippen molar-refractivity contribution >= 4 is 11.3 Å². The van der Waals surface area contributed by atoms with E-state index >= 15 is 0 Å². The molecule has 1 heterocycles. The van der Waals surface area contributed by atoms with Crippen LogP contribution in [0.15, 0.2) is 17.5 Å². The fraction of sp³-hybridized carbons (Fsp3) is 0.714. The minimum absolute atomic E-state index is 0.968. The molecular formula is C14H23NS. The molecule has 90 valence electrons. The first-order chi connectivity index (χ1) is 7.95. The van der Waals surface area contributed by atoms with E-state index in [1.54, 1.807) is 0 Å². The molecule has 1 nitrogen and oxygen atoms in total. The zero-order chi connectivity index (χ0) is 11.1. The van der Waals surface area contributed by atoms with Crippen LogP contribution in [0, 0.1) is 5.92 Å². The van der Waals surface area contributed by atoms with Crippen molar-refractivity contribution in [3.05, 3.63) is 22.4 Å². The number of rotatable bonds is 6. The van der Waals surface area contributed by atoms with E-state index in [1.165, 1.54) is 62.9 Å². The molecule has 16 heavy (non-hydrogen) atoms. The SMILES string of the molecule is c1csc(CCCNCC2CCCCC2)c1. The first kappa shape index (κ1) is 12.1. The zero-order valence-corrected chi connectivity index (χ0v) is 10.9. The highest BCUT2D eigenvalue weighted by Crippen LogP contribution is 2.22. The van der Waals surface area contributed by atoms with Crippen LogP contribution in [-0.4, -0.2) is 13.1 Å². The van der Waals surface area contributed by atoms with Gasteiger partial charge in [-0.3, -0.25) is 0 Å². The molecule has 1 saturated carbocycles. The average molecular weight is 237 g/mol. The summed E-state index contributed by atoms with van der Waals surface area (Å²) in [6, 6.07) is 4.39. The van der Waals surface area contributed by atoms with Crippen molar-refractivity contribution in [2.45, 2.75) is 44.9 Å². The molecule has 1 N–H and O–H groups in total. The molecule has 1 fully saturated rings. The Kier molecular flexibility index (Phi) is 5.36. The van der Waals surface area contributed by atoms with E-state index in [-0.39, 0.29) is 0 Å². The fourth-order valence-corrected chi connectivity index (χ4v) is 3.29. The number of nitrogens with one attached hydrogen (secondary N) is 1. The molecule has 1 aliphatic rings. The highest BCUT2D eigenvalue weighted by molar-refractivity contribution is 7.09. The lowest BCUT2D eigenvalue weighted by Crippen LogP contribution is -2.25.